The van der Waals surface area contributed by atoms with Gasteiger partial charge in [0.05, 0.1) is 39.9 Å². The molecule has 0 saturated heterocycles. The Bertz CT molecular complexity index is 1140. The normalized spacial score (nSPS) is 14.1. The summed E-state index contributed by atoms with van der Waals surface area (Å²) in [5, 5.41) is 13.9. The Morgan fingerprint density at radius 3 is 1.15 bits per heavy atom. The van der Waals surface area contributed by atoms with Crippen molar-refractivity contribution in [2.24, 2.45) is 0 Å². The first kappa shape index (κ1) is 66.0. The van der Waals surface area contributed by atoms with Crippen LogP contribution in [0.15, 0.2) is 24.3 Å². The molecule has 0 aliphatic rings. The zero-order valence-corrected chi connectivity index (χ0v) is 46.3. The Hall–Kier alpha value is -1.02. The van der Waals surface area contributed by atoms with E-state index in [-0.39, 0.29) is 19.1 Å². The predicted octanol–water partition coefficient (Wildman–Crippen LogP) is 17.6. The molecule has 3 atom stereocenters. The number of hydrogen-bond acceptors (Lipinski definition) is 5. The molecule has 1 amide bonds. The topological polar surface area (TPSA) is 105 Å². The maximum absolute atomic E-state index is 13.0. The molecular formula is C58H116N2O6P+. The summed E-state index contributed by atoms with van der Waals surface area (Å²) >= 11 is 0. The molecule has 0 rings (SSSR count). The fourth-order valence-corrected chi connectivity index (χ4v) is 9.54. The highest BCUT2D eigenvalue weighted by molar-refractivity contribution is 7.47. The van der Waals surface area contributed by atoms with Crippen LogP contribution >= 0.6 is 7.82 Å². The average molecular weight is 969 g/mol. The zero-order chi connectivity index (χ0) is 49.2. The van der Waals surface area contributed by atoms with Gasteiger partial charge < -0.3 is 19.8 Å². The molecule has 398 valence electrons. The molecule has 0 spiro atoms. The van der Waals surface area contributed by atoms with Crippen LogP contribution in [0.3, 0.4) is 0 Å². The lowest BCUT2D eigenvalue weighted by Gasteiger charge is -2.25. The number of nitrogens with zero attached hydrogens (tertiary/aromatic N) is 1. The number of carbonyl (C=O) groups is 1. The number of nitrogens with one attached hydrogen (secondary N) is 1. The minimum atomic E-state index is -4.34. The summed E-state index contributed by atoms with van der Waals surface area (Å²) in [6.45, 7) is 4.86. The summed E-state index contributed by atoms with van der Waals surface area (Å²) in [4.78, 5) is 23.3. The highest BCUT2D eigenvalue weighted by atomic mass is 31.2. The summed E-state index contributed by atoms with van der Waals surface area (Å²) in [7, 11) is 1.58. The van der Waals surface area contributed by atoms with E-state index in [2.05, 4.69) is 31.3 Å². The van der Waals surface area contributed by atoms with E-state index < -0.39 is 20.0 Å². The Balaban J connectivity index is 4.13. The van der Waals surface area contributed by atoms with Gasteiger partial charge in [-0.3, -0.25) is 13.8 Å². The smallest absolute Gasteiger partial charge is 0.387 e. The number of likely N-dealkylation sites (N-methyl/N-ethyl adjacent to an activating group) is 1. The van der Waals surface area contributed by atoms with E-state index in [9.17, 15) is 19.4 Å². The van der Waals surface area contributed by atoms with Crippen LogP contribution in [0.4, 0.5) is 0 Å². The first-order valence-corrected chi connectivity index (χ1v) is 30.7. The second kappa shape index (κ2) is 49.9. The van der Waals surface area contributed by atoms with Crippen LogP contribution in [0.25, 0.3) is 0 Å². The molecule has 8 nitrogen and oxygen atoms in total. The highest BCUT2D eigenvalue weighted by Gasteiger charge is 2.27. The number of phosphoric ester groups is 1. The maximum Gasteiger partial charge on any atom is 0.472 e. The number of hydrogen-bond donors (Lipinski definition) is 3. The van der Waals surface area contributed by atoms with Crippen molar-refractivity contribution in [1.29, 1.82) is 0 Å². The molecule has 0 fully saturated rings. The third-order valence-corrected chi connectivity index (χ3v) is 14.4. The molecule has 0 aromatic carbocycles. The van der Waals surface area contributed by atoms with Crippen molar-refractivity contribution in [3.8, 4) is 0 Å². The van der Waals surface area contributed by atoms with Crippen LogP contribution in [-0.4, -0.2) is 73.4 Å². The first-order valence-electron chi connectivity index (χ1n) is 29.2. The van der Waals surface area contributed by atoms with Crippen LogP contribution in [-0.2, 0) is 18.4 Å². The Morgan fingerprint density at radius 1 is 0.493 bits per heavy atom. The van der Waals surface area contributed by atoms with Crippen molar-refractivity contribution in [2.45, 2.75) is 302 Å². The number of aliphatic hydroxyl groups excluding tert-OH is 1. The molecule has 0 bridgehead atoms. The van der Waals surface area contributed by atoms with Gasteiger partial charge in [-0.25, -0.2) is 4.57 Å². The molecule has 0 aromatic heterocycles. The van der Waals surface area contributed by atoms with E-state index in [0.717, 1.165) is 38.5 Å². The number of aliphatic hydroxyl groups is 1. The number of unbranched alkanes of at least 4 members (excludes halogenated alkanes) is 39. The quantitative estimate of drug-likeness (QED) is 0.0243. The standard InChI is InChI=1S/C58H115N2O6P/c1-6-8-10-12-14-16-18-20-22-24-25-26-27-28-29-30-31-32-33-34-36-38-40-42-44-46-48-50-52-58(62)59-56(55-66-67(63,64)65-54-53-60(3,4)5)57(61)51-49-47-45-43-41-39-37-35-23-21-19-17-15-13-11-9-7-2/h28-29,49,51,56-57,61H,6-27,30-48,50,52-55H2,1-5H3,(H-,59,62,63,64)/p+1/b29-28-,51-49+. The molecule has 0 radical (unpaired) electrons. The van der Waals surface area contributed by atoms with Gasteiger partial charge in [0.1, 0.15) is 13.2 Å². The molecule has 0 aliphatic carbocycles. The van der Waals surface area contributed by atoms with Gasteiger partial charge >= 0.3 is 7.82 Å². The van der Waals surface area contributed by atoms with E-state index in [1.54, 1.807) is 6.08 Å². The summed E-state index contributed by atoms with van der Waals surface area (Å²) in [6.07, 6.45) is 62.8. The predicted molar refractivity (Wildman–Crippen MR) is 291 cm³/mol. The Labute approximate surface area is 417 Å². The lowest BCUT2D eigenvalue weighted by molar-refractivity contribution is -0.870. The van der Waals surface area contributed by atoms with E-state index in [1.807, 2.05) is 27.2 Å². The van der Waals surface area contributed by atoms with Crippen molar-refractivity contribution in [3.63, 3.8) is 0 Å². The number of allylic oxidation sites excluding steroid dienone is 3. The number of rotatable bonds is 54. The van der Waals surface area contributed by atoms with E-state index in [4.69, 9.17) is 9.05 Å². The van der Waals surface area contributed by atoms with Gasteiger partial charge in [0.15, 0.2) is 0 Å². The first-order chi connectivity index (χ1) is 32.5. The van der Waals surface area contributed by atoms with Crippen LogP contribution in [0, 0.1) is 0 Å². The van der Waals surface area contributed by atoms with Gasteiger partial charge in [-0.15, -0.1) is 0 Å². The molecular weight excluding hydrogens is 852 g/mol. The molecule has 0 aliphatic heterocycles. The van der Waals surface area contributed by atoms with Crippen LogP contribution in [0.2, 0.25) is 0 Å². The number of quaternary nitrogens is 1. The second-order valence-electron chi connectivity index (χ2n) is 21.4. The summed E-state index contributed by atoms with van der Waals surface area (Å²) in [5.41, 5.74) is 0. The van der Waals surface area contributed by atoms with E-state index in [1.165, 1.54) is 231 Å². The summed E-state index contributed by atoms with van der Waals surface area (Å²) in [6, 6.07) is -0.845. The second-order valence-corrected chi connectivity index (χ2v) is 22.8. The van der Waals surface area contributed by atoms with Gasteiger partial charge in [-0.2, -0.15) is 0 Å². The van der Waals surface area contributed by atoms with Crippen molar-refractivity contribution in [2.75, 3.05) is 40.9 Å². The molecule has 3 N–H and O–H groups in total. The Kier molecular flexibility index (Phi) is 49.2. The maximum atomic E-state index is 13.0. The van der Waals surface area contributed by atoms with E-state index in [0.29, 0.717) is 17.4 Å². The van der Waals surface area contributed by atoms with Gasteiger partial charge in [0.25, 0.3) is 0 Å². The Morgan fingerprint density at radius 2 is 0.806 bits per heavy atom. The van der Waals surface area contributed by atoms with Crippen molar-refractivity contribution in [3.05, 3.63) is 24.3 Å². The SMILES string of the molecule is CCCCCCCCCCCCCC/C=C\CCCCCCCCCCCCCCC(=O)NC(COP(=O)(O)OCC[N+](C)(C)C)C(O)/C=C/CCCCCCCCCCCCCCCCC. The molecule has 0 saturated carbocycles. The number of amides is 1. The largest absolute Gasteiger partial charge is 0.472 e. The molecule has 0 aromatic rings. The lowest BCUT2D eigenvalue weighted by Crippen LogP contribution is -2.45. The third-order valence-electron chi connectivity index (χ3n) is 13.4. The molecule has 0 heterocycles. The summed E-state index contributed by atoms with van der Waals surface area (Å²) in [5.74, 6) is -0.173. The average Bonchev–Trinajstić information content (AvgIpc) is 3.29. The highest BCUT2D eigenvalue weighted by Crippen LogP contribution is 2.43. The fourth-order valence-electron chi connectivity index (χ4n) is 8.80. The van der Waals surface area contributed by atoms with Crippen LogP contribution in [0.1, 0.15) is 290 Å². The van der Waals surface area contributed by atoms with Gasteiger partial charge in [-0.05, 0) is 44.9 Å². The van der Waals surface area contributed by atoms with Gasteiger partial charge in [-0.1, -0.05) is 263 Å². The minimum absolute atomic E-state index is 0.0633. The lowest BCUT2D eigenvalue weighted by atomic mass is 10.0. The van der Waals surface area contributed by atoms with Gasteiger partial charge in [0, 0.05) is 6.42 Å². The monoisotopic (exact) mass is 968 g/mol. The van der Waals surface area contributed by atoms with E-state index >= 15 is 0 Å². The molecule has 3 unspecified atom stereocenters. The fraction of sp³-hybridized carbons (Fsp3) is 0.914. The zero-order valence-electron chi connectivity index (χ0n) is 45.4. The molecule has 67 heavy (non-hydrogen) atoms. The van der Waals surface area contributed by atoms with Crippen molar-refractivity contribution >= 4 is 13.7 Å². The van der Waals surface area contributed by atoms with Crippen LogP contribution < -0.4 is 5.32 Å². The van der Waals surface area contributed by atoms with Crippen molar-refractivity contribution < 1.29 is 32.9 Å². The summed E-state index contributed by atoms with van der Waals surface area (Å²) < 4.78 is 23.7. The number of carbonyl (C=O) groups excluding carboxylic acids is 1. The minimum Gasteiger partial charge on any atom is -0.387 e. The van der Waals surface area contributed by atoms with Crippen molar-refractivity contribution in [1.82, 2.24) is 5.32 Å². The van der Waals surface area contributed by atoms with Gasteiger partial charge in [0.2, 0.25) is 5.91 Å². The third kappa shape index (κ3) is 52.6. The van der Waals surface area contributed by atoms with Crippen LogP contribution in [0.5, 0.6) is 0 Å². The number of phosphoric acid groups is 1. The molecule has 9 heteroatoms.